The molecule has 0 rings (SSSR count). The number of nitrogens with one attached hydrogen (secondary N) is 1. The highest BCUT2D eigenvalue weighted by Gasteiger charge is 2.17. The van der Waals surface area contributed by atoms with Crippen LogP contribution in [0, 0.1) is 0 Å². The Kier molecular flexibility index (Phi) is 33.4. The van der Waals surface area contributed by atoms with E-state index in [0.717, 1.165) is 38.5 Å². The predicted molar refractivity (Wildman–Crippen MR) is 184 cm³/mol. The third-order valence-corrected chi connectivity index (χ3v) is 8.43. The van der Waals surface area contributed by atoms with E-state index in [1.807, 2.05) is 6.08 Å². The van der Waals surface area contributed by atoms with Crippen molar-refractivity contribution in [2.75, 3.05) is 6.61 Å². The number of hydrogen-bond acceptors (Lipinski definition) is 3. The lowest BCUT2D eigenvalue weighted by Gasteiger charge is -2.20. The smallest absolute Gasteiger partial charge is 0.220 e. The minimum absolute atomic E-state index is 0.0747. The van der Waals surface area contributed by atoms with Crippen LogP contribution in [0.25, 0.3) is 0 Å². The summed E-state index contributed by atoms with van der Waals surface area (Å²) in [6.45, 7) is 4.27. The van der Waals surface area contributed by atoms with Crippen molar-refractivity contribution in [3.05, 3.63) is 24.3 Å². The zero-order valence-corrected chi connectivity index (χ0v) is 28.3. The van der Waals surface area contributed by atoms with E-state index in [-0.39, 0.29) is 12.5 Å². The second-order valence-corrected chi connectivity index (χ2v) is 12.6. The first kappa shape index (κ1) is 40.9. The monoisotopic (exact) mass is 592 g/mol. The van der Waals surface area contributed by atoms with Crippen LogP contribution < -0.4 is 5.32 Å². The zero-order valence-electron chi connectivity index (χ0n) is 28.3. The van der Waals surface area contributed by atoms with Crippen LogP contribution in [0.1, 0.15) is 194 Å². The van der Waals surface area contributed by atoms with Crippen LogP contribution in [0.3, 0.4) is 0 Å². The largest absolute Gasteiger partial charge is 0.394 e. The molecule has 248 valence electrons. The minimum atomic E-state index is -0.838. The van der Waals surface area contributed by atoms with Gasteiger partial charge >= 0.3 is 0 Å². The third-order valence-electron chi connectivity index (χ3n) is 8.43. The Labute approximate surface area is 262 Å². The molecule has 0 aliphatic heterocycles. The van der Waals surface area contributed by atoms with E-state index in [2.05, 4.69) is 31.3 Å². The molecule has 4 nitrogen and oxygen atoms in total. The van der Waals surface area contributed by atoms with Crippen LogP contribution in [-0.4, -0.2) is 34.9 Å². The van der Waals surface area contributed by atoms with E-state index in [1.165, 1.54) is 135 Å². The van der Waals surface area contributed by atoms with E-state index >= 15 is 0 Å². The average Bonchev–Trinajstić information content (AvgIpc) is 2.99. The molecular weight excluding hydrogens is 518 g/mol. The van der Waals surface area contributed by atoms with Crippen molar-refractivity contribution in [3.8, 4) is 0 Å². The zero-order chi connectivity index (χ0) is 30.8. The van der Waals surface area contributed by atoms with Gasteiger partial charge in [-0.3, -0.25) is 4.79 Å². The Morgan fingerprint density at radius 3 is 1.36 bits per heavy atom. The molecule has 0 heterocycles. The van der Waals surface area contributed by atoms with Gasteiger partial charge < -0.3 is 15.5 Å². The molecule has 2 atom stereocenters. The SMILES string of the molecule is CCCCC/C=C\CCCCCCCC(=O)NC(CO)C(O)/C=C/CCCCCCCCCCCCCCCCCC. The molecule has 0 aliphatic rings. The lowest BCUT2D eigenvalue weighted by molar-refractivity contribution is -0.123. The molecule has 0 radical (unpaired) electrons. The maximum Gasteiger partial charge on any atom is 0.220 e. The van der Waals surface area contributed by atoms with Crippen LogP contribution in [0.4, 0.5) is 0 Å². The highest BCUT2D eigenvalue weighted by molar-refractivity contribution is 5.76. The molecule has 3 N–H and O–H groups in total. The molecule has 0 saturated carbocycles. The molecule has 0 aromatic rings. The van der Waals surface area contributed by atoms with Crippen LogP contribution in [0.5, 0.6) is 0 Å². The third kappa shape index (κ3) is 30.3. The van der Waals surface area contributed by atoms with Crippen molar-refractivity contribution >= 4 is 5.91 Å². The number of carbonyl (C=O) groups excluding carboxylic acids is 1. The maximum absolute atomic E-state index is 12.3. The highest BCUT2D eigenvalue weighted by Crippen LogP contribution is 2.14. The standard InChI is InChI=1S/C38H73NO3/c1-3-5-7-9-11-13-15-17-18-19-20-21-22-23-25-27-29-31-33-37(41)36(35-40)39-38(42)34-32-30-28-26-24-16-14-12-10-8-6-4-2/h12,14,31,33,36-37,40-41H,3-11,13,15-30,32,34-35H2,1-2H3,(H,39,42)/b14-12-,33-31+. The number of rotatable bonds is 33. The molecule has 1 amide bonds. The number of hydrogen-bond donors (Lipinski definition) is 3. The molecule has 4 heteroatoms. The fourth-order valence-electron chi connectivity index (χ4n) is 5.52. The summed E-state index contributed by atoms with van der Waals surface area (Å²) in [4.78, 5) is 12.3. The first-order chi connectivity index (χ1) is 20.7. The second kappa shape index (κ2) is 34.4. The number of aliphatic hydroxyl groups excluding tert-OH is 2. The number of unbranched alkanes of at least 4 members (excludes halogenated alkanes) is 24. The Morgan fingerprint density at radius 2 is 0.905 bits per heavy atom. The topological polar surface area (TPSA) is 69.6 Å². The van der Waals surface area contributed by atoms with Gasteiger partial charge in [0.2, 0.25) is 5.91 Å². The van der Waals surface area contributed by atoms with Crippen LogP contribution in [-0.2, 0) is 4.79 Å². The van der Waals surface area contributed by atoms with Gasteiger partial charge in [-0.05, 0) is 44.9 Å². The Hall–Kier alpha value is -1.13. The van der Waals surface area contributed by atoms with Gasteiger partial charge in [-0.25, -0.2) is 0 Å². The van der Waals surface area contributed by atoms with E-state index in [1.54, 1.807) is 6.08 Å². The molecule has 2 unspecified atom stereocenters. The van der Waals surface area contributed by atoms with Gasteiger partial charge in [-0.15, -0.1) is 0 Å². The molecule has 0 aromatic heterocycles. The minimum Gasteiger partial charge on any atom is -0.394 e. The van der Waals surface area contributed by atoms with Crippen LogP contribution in [0.2, 0.25) is 0 Å². The second-order valence-electron chi connectivity index (χ2n) is 12.6. The quantitative estimate of drug-likeness (QED) is 0.0525. The van der Waals surface area contributed by atoms with Gasteiger partial charge in [0, 0.05) is 6.42 Å². The number of amides is 1. The molecule has 0 spiro atoms. The maximum atomic E-state index is 12.3. The van der Waals surface area contributed by atoms with Gasteiger partial charge in [-0.2, -0.15) is 0 Å². The summed E-state index contributed by atoms with van der Waals surface area (Å²) in [5, 5.41) is 22.9. The van der Waals surface area contributed by atoms with Crippen molar-refractivity contribution in [2.45, 2.75) is 206 Å². The lowest BCUT2D eigenvalue weighted by Crippen LogP contribution is -2.45. The van der Waals surface area contributed by atoms with Gasteiger partial charge in [0.1, 0.15) is 0 Å². The summed E-state index contributed by atoms with van der Waals surface area (Å²) in [5.74, 6) is -0.0747. The van der Waals surface area contributed by atoms with Gasteiger partial charge in [0.05, 0.1) is 18.8 Å². The molecule has 0 aliphatic carbocycles. The van der Waals surface area contributed by atoms with Crippen molar-refractivity contribution in [1.82, 2.24) is 5.32 Å². The fraction of sp³-hybridized carbons (Fsp3) is 0.868. The lowest BCUT2D eigenvalue weighted by atomic mass is 10.0. The molecule has 42 heavy (non-hydrogen) atoms. The molecule has 0 bridgehead atoms. The summed E-state index contributed by atoms with van der Waals surface area (Å²) >= 11 is 0. The highest BCUT2D eigenvalue weighted by atomic mass is 16.3. The molecular formula is C38H73NO3. The normalized spacial score (nSPS) is 13.3. The molecule has 0 saturated heterocycles. The fourth-order valence-corrected chi connectivity index (χ4v) is 5.52. The Morgan fingerprint density at radius 1 is 0.548 bits per heavy atom. The summed E-state index contributed by atoms with van der Waals surface area (Å²) < 4.78 is 0. The number of aliphatic hydroxyl groups is 2. The van der Waals surface area contributed by atoms with E-state index in [9.17, 15) is 15.0 Å². The van der Waals surface area contributed by atoms with Crippen molar-refractivity contribution in [1.29, 1.82) is 0 Å². The van der Waals surface area contributed by atoms with Crippen LogP contribution in [0.15, 0.2) is 24.3 Å². The van der Waals surface area contributed by atoms with Crippen molar-refractivity contribution in [2.24, 2.45) is 0 Å². The number of allylic oxidation sites excluding steroid dienone is 3. The van der Waals surface area contributed by atoms with Gasteiger partial charge in [0.15, 0.2) is 0 Å². The van der Waals surface area contributed by atoms with E-state index < -0.39 is 12.1 Å². The molecule has 0 aromatic carbocycles. The van der Waals surface area contributed by atoms with Crippen LogP contribution >= 0.6 is 0 Å². The van der Waals surface area contributed by atoms with E-state index in [4.69, 9.17) is 0 Å². The van der Waals surface area contributed by atoms with E-state index in [0.29, 0.717) is 6.42 Å². The summed E-state index contributed by atoms with van der Waals surface area (Å²) in [7, 11) is 0. The van der Waals surface area contributed by atoms with Gasteiger partial charge in [-0.1, -0.05) is 167 Å². The Bertz CT molecular complexity index is 603. The van der Waals surface area contributed by atoms with Crippen molar-refractivity contribution in [3.63, 3.8) is 0 Å². The molecule has 0 fully saturated rings. The predicted octanol–water partition coefficient (Wildman–Crippen LogP) is 10.9. The number of carbonyl (C=O) groups is 1. The summed E-state index contributed by atoms with van der Waals surface area (Å²) in [6.07, 6.45) is 42.6. The average molecular weight is 592 g/mol. The first-order valence-electron chi connectivity index (χ1n) is 18.6. The summed E-state index contributed by atoms with van der Waals surface area (Å²) in [5.41, 5.74) is 0. The van der Waals surface area contributed by atoms with Gasteiger partial charge in [0.25, 0.3) is 0 Å². The summed E-state index contributed by atoms with van der Waals surface area (Å²) in [6, 6.07) is -0.622. The van der Waals surface area contributed by atoms with Crippen molar-refractivity contribution < 1.29 is 15.0 Å². The first-order valence-corrected chi connectivity index (χ1v) is 18.6. The Balaban J connectivity index is 3.61.